The highest BCUT2D eigenvalue weighted by Crippen LogP contribution is 2.28. The fourth-order valence-electron chi connectivity index (χ4n) is 1.17. The maximum absolute atomic E-state index is 12.3. The van der Waals surface area contributed by atoms with E-state index in [0.717, 1.165) is 16.9 Å². The summed E-state index contributed by atoms with van der Waals surface area (Å²) in [5, 5.41) is 3.58. The van der Waals surface area contributed by atoms with Crippen LogP contribution in [0.25, 0.3) is 5.82 Å². The van der Waals surface area contributed by atoms with Crippen LogP contribution in [0, 0.1) is 0 Å². The summed E-state index contributed by atoms with van der Waals surface area (Å²) in [6, 6.07) is 2.39. The van der Waals surface area contributed by atoms with Crippen LogP contribution >= 0.6 is 27.5 Å². The summed E-state index contributed by atoms with van der Waals surface area (Å²) < 4.78 is 38.7. The Morgan fingerprint density at radius 3 is 2.59 bits per heavy atom. The number of hydrogen-bond donors (Lipinski definition) is 0. The predicted molar refractivity (Wildman–Crippen MR) is 59.1 cm³/mol. The van der Waals surface area contributed by atoms with Crippen LogP contribution in [0.2, 0.25) is 5.02 Å². The summed E-state index contributed by atoms with van der Waals surface area (Å²) in [5.74, 6) is 0.144. The first-order chi connectivity index (χ1) is 7.88. The third-order valence-electron chi connectivity index (χ3n) is 1.88. The topological polar surface area (TPSA) is 30.7 Å². The van der Waals surface area contributed by atoms with Crippen LogP contribution in [0.4, 0.5) is 13.2 Å². The highest BCUT2D eigenvalue weighted by Gasteiger charge is 2.33. The Labute approximate surface area is 107 Å². The number of aromatic nitrogens is 3. The van der Waals surface area contributed by atoms with Crippen LogP contribution < -0.4 is 0 Å². The summed E-state index contributed by atoms with van der Waals surface area (Å²) >= 11 is 9.00. The number of halogens is 5. The molecule has 0 N–H and O–H groups in total. The van der Waals surface area contributed by atoms with E-state index in [2.05, 4.69) is 26.0 Å². The molecule has 0 bridgehead atoms. The van der Waals surface area contributed by atoms with E-state index in [1.165, 1.54) is 12.3 Å². The van der Waals surface area contributed by atoms with Crippen molar-refractivity contribution in [2.45, 2.75) is 6.18 Å². The zero-order valence-electron chi connectivity index (χ0n) is 8.04. The second-order valence-corrected chi connectivity index (χ2v) is 4.43. The lowest BCUT2D eigenvalue weighted by molar-refractivity contribution is -0.141. The molecule has 0 amide bonds. The van der Waals surface area contributed by atoms with Gasteiger partial charge in [-0.05, 0) is 28.1 Å². The molecule has 0 unspecified atom stereocenters. The zero-order valence-corrected chi connectivity index (χ0v) is 10.4. The number of pyridine rings is 1. The smallest absolute Gasteiger partial charge is 0.235 e. The lowest BCUT2D eigenvalue weighted by Gasteiger charge is -2.04. The van der Waals surface area contributed by atoms with E-state index in [0.29, 0.717) is 4.47 Å². The molecule has 17 heavy (non-hydrogen) atoms. The highest BCUT2D eigenvalue weighted by molar-refractivity contribution is 9.10. The third-order valence-corrected chi connectivity index (χ3v) is 2.60. The van der Waals surface area contributed by atoms with Crippen molar-refractivity contribution in [1.82, 2.24) is 14.8 Å². The van der Waals surface area contributed by atoms with E-state index >= 15 is 0 Å². The van der Waals surface area contributed by atoms with Crippen molar-refractivity contribution in [1.29, 1.82) is 0 Å². The van der Waals surface area contributed by atoms with E-state index < -0.39 is 11.9 Å². The number of rotatable bonds is 1. The van der Waals surface area contributed by atoms with Gasteiger partial charge in [0.15, 0.2) is 11.5 Å². The van der Waals surface area contributed by atoms with Gasteiger partial charge in [0.2, 0.25) is 0 Å². The second kappa shape index (κ2) is 4.30. The average molecular weight is 327 g/mol. The molecule has 0 aromatic carbocycles. The number of nitrogens with zero attached hydrogens (tertiary/aromatic N) is 3. The minimum Gasteiger partial charge on any atom is -0.235 e. The normalized spacial score (nSPS) is 11.8. The standard InChI is InChI=1S/C9H4BrClF3N3/c10-5-3-6(11)8(15-4-5)17-2-1-7(16-17)9(12,13)14/h1-4H. The predicted octanol–water partition coefficient (Wildman–Crippen LogP) is 3.70. The molecule has 0 aliphatic carbocycles. The second-order valence-electron chi connectivity index (χ2n) is 3.10. The Bertz CT molecular complexity index is 553. The van der Waals surface area contributed by atoms with Crippen LogP contribution in [-0.2, 0) is 6.18 Å². The molecule has 0 spiro atoms. The zero-order chi connectivity index (χ0) is 12.6. The van der Waals surface area contributed by atoms with E-state index in [9.17, 15) is 13.2 Å². The molecule has 0 radical (unpaired) electrons. The van der Waals surface area contributed by atoms with Gasteiger partial charge in [0, 0.05) is 16.9 Å². The van der Waals surface area contributed by atoms with Crippen molar-refractivity contribution in [3.8, 4) is 5.82 Å². The van der Waals surface area contributed by atoms with Gasteiger partial charge in [0.25, 0.3) is 0 Å². The molecule has 90 valence electrons. The van der Waals surface area contributed by atoms with Crippen molar-refractivity contribution >= 4 is 27.5 Å². The molecular weight excluding hydrogens is 322 g/mol. The summed E-state index contributed by atoms with van der Waals surface area (Å²) in [6.45, 7) is 0. The van der Waals surface area contributed by atoms with Crippen molar-refractivity contribution in [2.75, 3.05) is 0 Å². The minimum atomic E-state index is -4.48. The minimum absolute atomic E-state index is 0.144. The van der Waals surface area contributed by atoms with Crippen molar-refractivity contribution in [3.63, 3.8) is 0 Å². The SMILES string of the molecule is FC(F)(F)c1ccn(-c2ncc(Br)cc2Cl)n1. The third kappa shape index (κ3) is 2.61. The Morgan fingerprint density at radius 2 is 2.06 bits per heavy atom. The van der Waals surface area contributed by atoms with Gasteiger partial charge in [-0.1, -0.05) is 11.6 Å². The van der Waals surface area contributed by atoms with Gasteiger partial charge in [0.1, 0.15) is 0 Å². The first kappa shape index (κ1) is 12.4. The summed E-state index contributed by atoms with van der Waals surface area (Å²) in [7, 11) is 0. The molecule has 0 aliphatic heterocycles. The molecule has 2 aromatic heterocycles. The Balaban J connectivity index is 2.44. The van der Waals surface area contributed by atoms with Crippen LogP contribution in [0.3, 0.4) is 0 Å². The van der Waals surface area contributed by atoms with Gasteiger partial charge < -0.3 is 0 Å². The molecule has 8 heteroatoms. The average Bonchev–Trinajstić information content (AvgIpc) is 2.65. The molecule has 0 atom stereocenters. The van der Waals surface area contributed by atoms with E-state index in [1.54, 1.807) is 0 Å². The Hall–Kier alpha value is -1.08. The number of hydrogen-bond acceptors (Lipinski definition) is 2. The maximum Gasteiger partial charge on any atom is 0.435 e. The summed E-state index contributed by atoms with van der Waals surface area (Å²) in [4.78, 5) is 3.90. The molecule has 2 heterocycles. The molecule has 0 saturated heterocycles. The van der Waals surface area contributed by atoms with Crippen LogP contribution in [0.15, 0.2) is 29.0 Å². The van der Waals surface area contributed by atoms with Crippen LogP contribution in [0.1, 0.15) is 5.69 Å². The summed E-state index contributed by atoms with van der Waals surface area (Å²) in [5.41, 5.74) is -0.988. The van der Waals surface area contributed by atoms with Gasteiger partial charge in [-0.2, -0.15) is 18.3 Å². The van der Waals surface area contributed by atoms with Crippen molar-refractivity contribution in [2.24, 2.45) is 0 Å². The van der Waals surface area contributed by atoms with Crippen LogP contribution in [-0.4, -0.2) is 14.8 Å². The van der Waals surface area contributed by atoms with E-state index in [1.807, 2.05) is 0 Å². The molecular formula is C9H4BrClF3N3. The quantitative estimate of drug-likeness (QED) is 0.800. The lowest BCUT2D eigenvalue weighted by Crippen LogP contribution is -2.08. The Morgan fingerprint density at radius 1 is 1.35 bits per heavy atom. The lowest BCUT2D eigenvalue weighted by atomic mass is 10.4. The molecule has 0 fully saturated rings. The van der Waals surface area contributed by atoms with E-state index in [-0.39, 0.29) is 10.8 Å². The molecule has 0 aliphatic rings. The van der Waals surface area contributed by atoms with Gasteiger partial charge >= 0.3 is 6.18 Å². The molecule has 2 rings (SSSR count). The van der Waals surface area contributed by atoms with Crippen molar-refractivity contribution < 1.29 is 13.2 Å². The Kier molecular flexibility index (Phi) is 3.13. The fourth-order valence-corrected chi connectivity index (χ4v) is 1.89. The first-order valence-corrected chi connectivity index (χ1v) is 5.49. The largest absolute Gasteiger partial charge is 0.435 e. The fraction of sp³-hybridized carbons (Fsp3) is 0.111. The van der Waals surface area contributed by atoms with Gasteiger partial charge in [0.05, 0.1) is 5.02 Å². The molecule has 2 aromatic rings. The van der Waals surface area contributed by atoms with Gasteiger partial charge in [-0.25, -0.2) is 9.67 Å². The first-order valence-electron chi connectivity index (χ1n) is 4.32. The molecule has 3 nitrogen and oxygen atoms in total. The van der Waals surface area contributed by atoms with Gasteiger partial charge in [-0.15, -0.1) is 0 Å². The van der Waals surface area contributed by atoms with E-state index in [4.69, 9.17) is 11.6 Å². The monoisotopic (exact) mass is 325 g/mol. The number of alkyl halides is 3. The molecule has 0 saturated carbocycles. The van der Waals surface area contributed by atoms with Crippen molar-refractivity contribution in [3.05, 3.63) is 39.7 Å². The van der Waals surface area contributed by atoms with Gasteiger partial charge in [-0.3, -0.25) is 0 Å². The summed E-state index contributed by atoms with van der Waals surface area (Å²) in [6.07, 6.45) is -1.89. The maximum atomic E-state index is 12.3. The van der Waals surface area contributed by atoms with Crippen LogP contribution in [0.5, 0.6) is 0 Å². The highest BCUT2D eigenvalue weighted by atomic mass is 79.9.